The quantitative estimate of drug-likeness (QED) is 0.705. The number of hydrogen-bond donors (Lipinski definition) is 0. The van der Waals surface area contributed by atoms with E-state index in [9.17, 15) is 4.79 Å². The molecule has 2 heterocycles. The Morgan fingerprint density at radius 2 is 2.20 bits per heavy atom. The number of rotatable bonds is 3. The molecule has 1 amide bonds. The van der Waals surface area contributed by atoms with E-state index in [1.54, 1.807) is 12.1 Å². The Hall–Kier alpha value is -1.20. The Bertz CT molecular complexity index is 834. The molecule has 1 saturated carbocycles. The molecule has 2 bridgehead atoms. The van der Waals surface area contributed by atoms with E-state index in [1.807, 2.05) is 6.07 Å². The topological polar surface area (TPSA) is 46.3 Å². The van der Waals surface area contributed by atoms with Gasteiger partial charge in [-0.3, -0.25) is 4.79 Å². The highest BCUT2D eigenvalue weighted by atomic mass is 35.5. The molecule has 4 rings (SSSR count). The third-order valence-electron chi connectivity index (χ3n) is 5.38. The number of hydrogen-bond acceptors (Lipinski definition) is 4. The minimum absolute atomic E-state index is 0.191. The van der Waals surface area contributed by atoms with Gasteiger partial charge in [0.15, 0.2) is 5.58 Å². The smallest absolute Gasteiger partial charge is 0.257 e. The number of aromatic nitrogens is 1. The summed E-state index contributed by atoms with van der Waals surface area (Å²) in [6, 6.07) is 5.74. The van der Waals surface area contributed by atoms with Crippen LogP contribution in [0.1, 0.15) is 40.0 Å². The highest BCUT2D eigenvalue weighted by Crippen LogP contribution is 2.52. The molecular weight excluding hydrogens is 356 g/mol. The van der Waals surface area contributed by atoms with Gasteiger partial charge >= 0.3 is 0 Å². The second kappa shape index (κ2) is 5.92. The van der Waals surface area contributed by atoms with Gasteiger partial charge in [0.1, 0.15) is 5.52 Å². The average Bonchev–Trinajstić information content (AvgIpc) is 3.01. The van der Waals surface area contributed by atoms with Crippen molar-refractivity contribution in [1.29, 1.82) is 0 Å². The number of benzene rings is 1. The fourth-order valence-corrected chi connectivity index (χ4v) is 5.79. The summed E-state index contributed by atoms with van der Waals surface area (Å²) in [4.78, 5) is 19.3. The Morgan fingerprint density at radius 3 is 3.00 bits per heavy atom. The summed E-state index contributed by atoms with van der Waals surface area (Å²) in [5, 5.41) is 1.16. The lowest BCUT2D eigenvalue weighted by Crippen LogP contribution is -2.38. The van der Waals surface area contributed by atoms with Gasteiger partial charge in [-0.15, -0.1) is 0 Å². The van der Waals surface area contributed by atoms with Crippen LogP contribution in [0.4, 0.5) is 0 Å². The van der Waals surface area contributed by atoms with Crippen LogP contribution in [0.2, 0.25) is 5.02 Å². The number of thioether (sulfide) groups is 1. The summed E-state index contributed by atoms with van der Waals surface area (Å²) in [5.74, 6) is 0.560. The molecule has 1 aliphatic carbocycles. The summed E-state index contributed by atoms with van der Waals surface area (Å²) in [5.41, 5.74) is 2.01. The maximum atomic E-state index is 12.8. The van der Waals surface area contributed by atoms with Crippen LogP contribution in [0.5, 0.6) is 0 Å². The second-order valence-corrected chi connectivity index (χ2v) is 9.98. The molecule has 0 radical (unpaired) electrons. The number of nitrogens with zero attached hydrogens (tertiary/aromatic N) is 2. The van der Waals surface area contributed by atoms with Gasteiger partial charge in [0.25, 0.3) is 5.22 Å². The maximum Gasteiger partial charge on any atom is 0.257 e. The molecule has 134 valence electrons. The fourth-order valence-electron chi connectivity index (χ4n) is 4.90. The summed E-state index contributed by atoms with van der Waals surface area (Å²) < 4.78 is 5.70. The summed E-state index contributed by atoms with van der Waals surface area (Å²) >= 11 is 7.35. The molecule has 4 nitrogen and oxygen atoms in total. The second-order valence-electron chi connectivity index (χ2n) is 8.62. The van der Waals surface area contributed by atoms with Gasteiger partial charge < -0.3 is 9.32 Å². The molecule has 25 heavy (non-hydrogen) atoms. The first-order valence-electron chi connectivity index (χ1n) is 8.72. The van der Waals surface area contributed by atoms with Gasteiger partial charge in [0, 0.05) is 17.6 Å². The van der Waals surface area contributed by atoms with E-state index in [-0.39, 0.29) is 11.3 Å². The predicted molar refractivity (Wildman–Crippen MR) is 101 cm³/mol. The molecular formula is C19H23ClN2O2S. The molecule has 1 aromatic carbocycles. The van der Waals surface area contributed by atoms with Crippen LogP contribution < -0.4 is 0 Å². The number of fused-ring (bicyclic) bond motifs is 3. The highest BCUT2D eigenvalue weighted by molar-refractivity contribution is 7.99. The normalized spacial score (nSPS) is 27.8. The first-order valence-corrected chi connectivity index (χ1v) is 10.1. The standard InChI is InChI=1S/C19H23ClN2O2S/c1-18(2)7-13-8-19(3,10-18)11-22(13)16(23)9-25-17-21-14-6-12(20)4-5-15(14)24-17/h4-6,13H,7-11H2,1-3H3. The van der Waals surface area contributed by atoms with Crippen molar-refractivity contribution in [2.45, 2.75) is 51.3 Å². The van der Waals surface area contributed by atoms with Crippen molar-refractivity contribution in [3.8, 4) is 0 Å². The monoisotopic (exact) mass is 378 g/mol. The Labute approximate surface area is 157 Å². The van der Waals surface area contributed by atoms with E-state index in [2.05, 4.69) is 30.7 Å². The van der Waals surface area contributed by atoms with Gasteiger partial charge in [0.05, 0.1) is 5.75 Å². The summed E-state index contributed by atoms with van der Waals surface area (Å²) in [6.45, 7) is 7.85. The predicted octanol–water partition coefficient (Wildman–Crippen LogP) is 5.00. The maximum absolute atomic E-state index is 12.8. The SMILES string of the molecule is CC1(C)CC2CC(C)(CN2C(=O)CSc2nc3cc(Cl)ccc3o2)C1. The van der Waals surface area contributed by atoms with E-state index < -0.39 is 0 Å². The van der Waals surface area contributed by atoms with Crippen molar-refractivity contribution in [1.82, 2.24) is 9.88 Å². The number of carbonyl (C=O) groups excluding carboxylic acids is 1. The van der Waals surface area contributed by atoms with E-state index >= 15 is 0 Å². The number of likely N-dealkylation sites (tertiary alicyclic amines) is 1. The van der Waals surface area contributed by atoms with Crippen LogP contribution in [0.3, 0.4) is 0 Å². The molecule has 2 atom stereocenters. The molecule has 1 aromatic heterocycles. The molecule has 6 heteroatoms. The molecule has 2 aliphatic rings. The van der Waals surface area contributed by atoms with Crippen molar-refractivity contribution < 1.29 is 9.21 Å². The zero-order valence-electron chi connectivity index (χ0n) is 14.8. The number of halogens is 1. The molecule has 0 N–H and O–H groups in total. The third-order valence-corrected chi connectivity index (χ3v) is 6.43. The summed E-state index contributed by atoms with van der Waals surface area (Å²) in [6.07, 6.45) is 3.42. The van der Waals surface area contributed by atoms with Crippen molar-refractivity contribution >= 4 is 40.4 Å². The third kappa shape index (κ3) is 3.41. The zero-order chi connectivity index (χ0) is 17.8. The number of oxazole rings is 1. The van der Waals surface area contributed by atoms with Crippen LogP contribution in [0, 0.1) is 10.8 Å². The Kier molecular flexibility index (Phi) is 4.08. The van der Waals surface area contributed by atoms with Gasteiger partial charge in [-0.25, -0.2) is 4.98 Å². The number of carbonyl (C=O) groups is 1. The average molecular weight is 379 g/mol. The van der Waals surface area contributed by atoms with Gasteiger partial charge in [-0.05, 0) is 48.3 Å². The van der Waals surface area contributed by atoms with Gasteiger partial charge in [-0.2, -0.15) is 0 Å². The van der Waals surface area contributed by atoms with Crippen LogP contribution in [0.15, 0.2) is 27.8 Å². The highest BCUT2D eigenvalue weighted by Gasteiger charge is 2.50. The molecule has 0 spiro atoms. The Morgan fingerprint density at radius 1 is 1.40 bits per heavy atom. The van der Waals surface area contributed by atoms with Crippen LogP contribution in [0.25, 0.3) is 11.1 Å². The lowest BCUT2D eigenvalue weighted by molar-refractivity contribution is -0.129. The van der Waals surface area contributed by atoms with Gasteiger partial charge in [0.2, 0.25) is 5.91 Å². The first-order chi connectivity index (χ1) is 11.7. The van der Waals surface area contributed by atoms with E-state index in [4.69, 9.17) is 16.0 Å². The van der Waals surface area contributed by atoms with Crippen molar-refractivity contribution in [2.75, 3.05) is 12.3 Å². The molecule has 2 unspecified atom stereocenters. The van der Waals surface area contributed by atoms with Crippen LogP contribution >= 0.6 is 23.4 Å². The molecule has 2 fully saturated rings. The number of amides is 1. The van der Waals surface area contributed by atoms with Crippen molar-refractivity contribution in [3.05, 3.63) is 23.2 Å². The largest absolute Gasteiger partial charge is 0.431 e. The lowest BCUT2D eigenvalue weighted by atomic mass is 9.65. The molecule has 2 aromatic rings. The first kappa shape index (κ1) is 17.2. The molecule has 1 aliphatic heterocycles. The minimum Gasteiger partial charge on any atom is -0.431 e. The van der Waals surface area contributed by atoms with Crippen molar-refractivity contribution in [3.63, 3.8) is 0 Å². The van der Waals surface area contributed by atoms with Crippen LogP contribution in [-0.4, -0.2) is 34.1 Å². The van der Waals surface area contributed by atoms with Gasteiger partial charge in [-0.1, -0.05) is 44.1 Å². The van der Waals surface area contributed by atoms with Crippen LogP contribution in [-0.2, 0) is 4.79 Å². The van der Waals surface area contributed by atoms with E-state index in [1.165, 1.54) is 18.2 Å². The van der Waals surface area contributed by atoms with E-state index in [0.717, 1.165) is 24.9 Å². The lowest BCUT2D eigenvalue weighted by Gasteiger charge is -2.39. The van der Waals surface area contributed by atoms with E-state index in [0.29, 0.717) is 33.0 Å². The minimum atomic E-state index is 0.191. The molecule has 1 saturated heterocycles. The van der Waals surface area contributed by atoms with Crippen molar-refractivity contribution in [2.24, 2.45) is 10.8 Å². The Balaban J connectivity index is 1.43. The fraction of sp³-hybridized carbons (Fsp3) is 0.579. The zero-order valence-corrected chi connectivity index (χ0v) is 16.4. The summed E-state index contributed by atoms with van der Waals surface area (Å²) in [7, 11) is 0.